The summed E-state index contributed by atoms with van der Waals surface area (Å²) in [5.41, 5.74) is 0.924. The number of hydrogen-bond donors (Lipinski definition) is 1. The summed E-state index contributed by atoms with van der Waals surface area (Å²) in [7, 11) is 0. The summed E-state index contributed by atoms with van der Waals surface area (Å²) in [5, 5.41) is 9.97. The molecule has 1 N–H and O–H groups in total. The van der Waals surface area contributed by atoms with Crippen molar-refractivity contribution in [2.24, 2.45) is 0 Å². The summed E-state index contributed by atoms with van der Waals surface area (Å²) in [6, 6.07) is 9.28. The number of hydrogen-bond acceptors (Lipinski definition) is 6. The minimum Gasteiger partial charge on any atom is -0.444 e. The Balaban J connectivity index is 1.34. The van der Waals surface area contributed by atoms with Gasteiger partial charge >= 0.3 is 6.09 Å². The van der Waals surface area contributed by atoms with E-state index < -0.39 is 24.4 Å². The van der Waals surface area contributed by atoms with E-state index in [1.54, 1.807) is 4.90 Å². The second-order valence-corrected chi connectivity index (χ2v) is 7.87. The van der Waals surface area contributed by atoms with E-state index in [0.717, 1.165) is 31.2 Å². The smallest absolute Gasteiger partial charge is 0.412 e. The lowest BCUT2D eigenvalue weighted by Crippen LogP contribution is -2.46. The van der Waals surface area contributed by atoms with Gasteiger partial charge in [-0.15, -0.1) is 0 Å². The molecule has 1 saturated carbocycles. The molecule has 146 valence electrons. The lowest BCUT2D eigenvalue weighted by Gasteiger charge is -2.35. The number of rotatable bonds is 2. The number of aliphatic hydroxyl groups is 1. The van der Waals surface area contributed by atoms with Crippen LogP contribution in [0.25, 0.3) is 0 Å². The molecule has 5 atom stereocenters. The molecule has 0 aromatic heterocycles. The average molecular weight is 375 g/mol. The van der Waals surface area contributed by atoms with Crippen LogP contribution in [0.2, 0.25) is 0 Å². The maximum absolute atomic E-state index is 12.9. The van der Waals surface area contributed by atoms with Crippen LogP contribution in [-0.4, -0.2) is 52.7 Å². The van der Waals surface area contributed by atoms with E-state index in [1.165, 1.54) is 6.42 Å². The zero-order chi connectivity index (χ0) is 18.4. The fraction of sp³-hybridized carbons (Fsp3) is 0.650. The molecule has 1 aromatic carbocycles. The quantitative estimate of drug-likeness (QED) is 0.856. The predicted molar refractivity (Wildman–Crippen MR) is 93.3 cm³/mol. The molecule has 0 radical (unpaired) electrons. The van der Waals surface area contributed by atoms with Crippen LogP contribution in [0, 0.1) is 0 Å². The highest BCUT2D eigenvalue weighted by molar-refractivity contribution is 5.69. The number of carbonyl (C=O) groups excluding carboxylic acids is 1. The lowest BCUT2D eigenvalue weighted by molar-refractivity contribution is -0.221. The van der Waals surface area contributed by atoms with Crippen molar-refractivity contribution in [3.05, 3.63) is 35.9 Å². The Morgan fingerprint density at radius 2 is 1.93 bits per heavy atom. The van der Waals surface area contributed by atoms with E-state index in [1.807, 2.05) is 30.3 Å². The van der Waals surface area contributed by atoms with Crippen LogP contribution in [0.1, 0.15) is 44.1 Å². The van der Waals surface area contributed by atoms with Crippen LogP contribution in [0.5, 0.6) is 0 Å². The standard InChI is InChI=1S/C20H25NO6/c22-15-11-14-16(25-15)17-18(27-20(26-17)9-5-2-6-10-20)21(14)19(23)24-12-13-7-3-1-4-8-13/h1,3-4,7-8,14-18,22H,2,5-6,9-12H2. The number of ether oxygens (including phenoxy) is 4. The van der Waals surface area contributed by atoms with Crippen molar-refractivity contribution >= 4 is 6.09 Å². The van der Waals surface area contributed by atoms with Gasteiger partial charge < -0.3 is 24.1 Å². The molecule has 1 spiro atoms. The second-order valence-electron chi connectivity index (χ2n) is 7.87. The highest BCUT2D eigenvalue weighted by Gasteiger charge is 2.65. The maximum Gasteiger partial charge on any atom is 0.412 e. The van der Waals surface area contributed by atoms with E-state index >= 15 is 0 Å². The van der Waals surface area contributed by atoms with Gasteiger partial charge in [0.15, 0.2) is 18.3 Å². The van der Waals surface area contributed by atoms with Crippen molar-refractivity contribution in [1.82, 2.24) is 4.90 Å². The molecule has 4 fully saturated rings. The molecule has 4 aliphatic rings. The molecule has 7 nitrogen and oxygen atoms in total. The van der Waals surface area contributed by atoms with Gasteiger partial charge in [0, 0.05) is 19.3 Å². The van der Waals surface area contributed by atoms with E-state index in [0.29, 0.717) is 6.42 Å². The summed E-state index contributed by atoms with van der Waals surface area (Å²) in [4.78, 5) is 14.5. The summed E-state index contributed by atoms with van der Waals surface area (Å²) >= 11 is 0. The number of aliphatic hydroxyl groups excluding tert-OH is 1. The van der Waals surface area contributed by atoms with Crippen LogP contribution in [0.4, 0.5) is 4.79 Å². The van der Waals surface area contributed by atoms with Crippen molar-refractivity contribution in [3.8, 4) is 0 Å². The van der Waals surface area contributed by atoms with Crippen molar-refractivity contribution < 1.29 is 28.8 Å². The van der Waals surface area contributed by atoms with Gasteiger partial charge in [0.05, 0.1) is 6.04 Å². The van der Waals surface area contributed by atoms with Crippen LogP contribution in [0.3, 0.4) is 0 Å². The van der Waals surface area contributed by atoms with E-state index in [4.69, 9.17) is 18.9 Å². The fourth-order valence-electron chi connectivity index (χ4n) is 4.85. The first kappa shape index (κ1) is 17.4. The Labute approximate surface area is 158 Å². The number of carbonyl (C=O) groups is 1. The Bertz CT molecular complexity index is 691. The minimum atomic E-state index is -0.892. The number of nitrogens with zero attached hydrogens (tertiary/aromatic N) is 1. The molecule has 0 bridgehead atoms. The number of amides is 1. The van der Waals surface area contributed by atoms with Crippen LogP contribution < -0.4 is 0 Å². The lowest BCUT2D eigenvalue weighted by atomic mass is 9.94. The zero-order valence-corrected chi connectivity index (χ0v) is 15.2. The van der Waals surface area contributed by atoms with E-state index in [9.17, 15) is 9.90 Å². The molecular weight excluding hydrogens is 350 g/mol. The average Bonchev–Trinajstić information content (AvgIpc) is 3.29. The van der Waals surface area contributed by atoms with Crippen LogP contribution >= 0.6 is 0 Å². The molecule has 7 heteroatoms. The van der Waals surface area contributed by atoms with Crippen LogP contribution in [0.15, 0.2) is 30.3 Å². The minimum absolute atomic E-state index is 0.195. The number of benzene rings is 1. The maximum atomic E-state index is 12.9. The molecule has 5 rings (SSSR count). The molecule has 1 aromatic rings. The van der Waals surface area contributed by atoms with Crippen molar-refractivity contribution in [3.63, 3.8) is 0 Å². The van der Waals surface area contributed by atoms with Crippen molar-refractivity contribution in [2.45, 2.75) is 81.7 Å². The molecule has 1 aliphatic carbocycles. The largest absolute Gasteiger partial charge is 0.444 e. The van der Waals surface area contributed by atoms with Gasteiger partial charge in [0.1, 0.15) is 18.8 Å². The number of likely N-dealkylation sites (tertiary alicyclic amines) is 1. The molecular formula is C20H25NO6. The summed E-state index contributed by atoms with van der Waals surface area (Å²) < 4.78 is 23.9. The van der Waals surface area contributed by atoms with E-state index in [2.05, 4.69) is 0 Å². The van der Waals surface area contributed by atoms with Gasteiger partial charge in [-0.1, -0.05) is 36.8 Å². The molecule has 3 heterocycles. The summed E-state index contributed by atoms with van der Waals surface area (Å²) in [5.74, 6) is -0.632. The second kappa shape index (κ2) is 6.74. The van der Waals surface area contributed by atoms with Gasteiger partial charge in [-0.05, 0) is 18.4 Å². The summed E-state index contributed by atoms with van der Waals surface area (Å²) in [6.45, 7) is 0.195. The molecule has 3 saturated heterocycles. The van der Waals surface area contributed by atoms with E-state index in [-0.39, 0.29) is 24.9 Å². The molecule has 5 unspecified atom stereocenters. The Hall–Kier alpha value is -1.67. The first-order chi connectivity index (χ1) is 13.2. The van der Waals surface area contributed by atoms with Crippen molar-refractivity contribution in [2.75, 3.05) is 0 Å². The molecule has 3 aliphatic heterocycles. The fourth-order valence-corrected chi connectivity index (χ4v) is 4.85. The van der Waals surface area contributed by atoms with Gasteiger partial charge in [-0.2, -0.15) is 0 Å². The van der Waals surface area contributed by atoms with Gasteiger partial charge in [-0.3, -0.25) is 4.90 Å². The van der Waals surface area contributed by atoms with Crippen molar-refractivity contribution in [1.29, 1.82) is 0 Å². The highest BCUT2D eigenvalue weighted by Crippen LogP contribution is 2.49. The Morgan fingerprint density at radius 1 is 1.15 bits per heavy atom. The predicted octanol–water partition coefficient (Wildman–Crippen LogP) is 2.52. The monoisotopic (exact) mass is 375 g/mol. The third kappa shape index (κ3) is 3.02. The normalized spacial score (nSPS) is 36.6. The molecule has 27 heavy (non-hydrogen) atoms. The van der Waals surface area contributed by atoms with Gasteiger partial charge in [0.25, 0.3) is 0 Å². The summed E-state index contributed by atoms with van der Waals surface area (Å²) in [6.07, 6.45) is 2.66. The van der Waals surface area contributed by atoms with Gasteiger partial charge in [-0.25, -0.2) is 4.79 Å². The third-order valence-electron chi connectivity index (χ3n) is 6.09. The van der Waals surface area contributed by atoms with Crippen LogP contribution in [-0.2, 0) is 25.6 Å². The first-order valence-electron chi connectivity index (χ1n) is 9.83. The zero-order valence-electron chi connectivity index (χ0n) is 15.2. The third-order valence-corrected chi connectivity index (χ3v) is 6.09. The number of fused-ring (bicyclic) bond motifs is 3. The molecule has 1 amide bonds. The SMILES string of the molecule is O=C(OCc1ccccc1)N1C2CC(O)OC2C2OC3(CCCCC3)OC21. The Morgan fingerprint density at radius 3 is 2.70 bits per heavy atom. The van der Waals surface area contributed by atoms with Gasteiger partial charge in [0.2, 0.25) is 0 Å². The topological polar surface area (TPSA) is 77.5 Å². The first-order valence-corrected chi connectivity index (χ1v) is 9.83. The Kier molecular flexibility index (Phi) is 4.35. The highest BCUT2D eigenvalue weighted by atomic mass is 16.8.